The first kappa shape index (κ1) is 22.8. The molecule has 1 aliphatic heterocycles. The highest BCUT2D eigenvalue weighted by Gasteiger charge is 2.54. The van der Waals surface area contributed by atoms with Crippen LogP contribution in [-0.2, 0) is 4.74 Å². The molecule has 2 aliphatic rings. The Bertz CT molecular complexity index is 1160. The number of nitrogens with two attached hydrogens (primary N) is 1. The minimum atomic E-state index is -0.700. The summed E-state index contributed by atoms with van der Waals surface area (Å²) in [5.41, 5.74) is 8.65. The van der Waals surface area contributed by atoms with Crippen LogP contribution in [0.15, 0.2) is 47.2 Å². The Balaban J connectivity index is 1.23. The third-order valence-electron chi connectivity index (χ3n) is 6.93. The predicted molar refractivity (Wildman–Crippen MR) is 128 cm³/mol. The maximum Gasteiger partial charge on any atom is 0.167 e. The Labute approximate surface area is 199 Å². The lowest BCUT2D eigenvalue weighted by molar-refractivity contribution is 0.153. The van der Waals surface area contributed by atoms with Crippen molar-refractivity contribution >= 4 is 0 Å². The van der Waals surface area contributed by atoms with Crippen molar-refractivity contribution in [3.63, 3.8) is 0 Å². The highest BCUT2D eigenvalue weighted by molar-refractivity contribution is 5.59. The summed E-state index contributed by atoms with van der Waals surface area (Å²) in [6.45, 7) is 6.09. The molecule has 5 atom stereocenters. The third kappa shape index (κ3) is 4.52. The van der Waals surface area contributed by atoms with E-state index < -0.39 is 6.10 Å². The van der Waals surface area contributed by atoms with Gasteiger partial charge in [-0.05, 0) is 43.0 Å². The van der Waals surface area contributed by atoms with Gasteiger partial charge in [-0.2, -0.15) is 0 Å². The second-order valence-corrected chi connectivity index (χ2v) is 9.19. The minimum absolute atomic E-state index is 0.266. The van der Waals surface area contributed by atoms with Crippen molar-refractivity contribution in [2.24, 2.45) is 23.5 Å². The van der Waals surface area contributed by atoms with Crippen molar-refractivity contribution in [1.29, 1.82) is 0 Å². The smallest absolute Gasteiger partial charge is 0.167 e. The molecule has 2 fully saturated rings. The molecule has 3 N–H and O–H groups in total. The van der Waals surface area contributed by atoms with E-state index in [0.717, 1.165) is 49.2 Å². The summed E-state index contributed by atoms with van der Waals surface area (Å²) < 4.78 is 12.6. The van der Waals surface area contributed by atoms with Crippen LogP contribution in [0.4, 0.5) is 0 Å². The van der Waals surface area contributed by atoms with Gasteiger partial charge in [0.15, 0.2) is 5.76 Å². The monoisotopic (exact) mass is 461 g/mol. The van der Waals surface area contributed by atoms with Gasteiger partial charge in [-0.25, -0.2) is 4.98 Å². The van der Waals surface area contributed by atoms with Gasteiger partial charge in [-0.15, -0.1) is 0 Å². The second-order valence-electron chi connectivity index (χ2n) is 9.19. The van der Waals surface area contributed by atoms with E-state index in [4.69, 9.17) is 15.0 Å². The lowest BCUT2D eigenvalue weighted by atomic mass is 10.1. The van der Waals surface area contributed by atoms with E-state index in [1.54, 1.807) is 26.4 Å². The van der Waals surface area contributed by atoms with Gasteiger partial charge in [-0.3, -0.25) is 0 Å². The molecule has 0 bridgehead atoms. The second kappa shape index (κ2) is 9.72. The van der Waals surface area contributed by atoms with Crippen LogP contribution in [0.25, 0.3) is 11.3 Å². The Morgan fingerprint density at radius 1 is 1.26 bits per heavy atom. The molecule has 5 rings (SSSR count). The molecule has 34 heavy (non-hydrogen) atoms. The number of aliphatic hydroxyl groups is 1. The molecule has 178 valence electrons. The van der Waals surface area contributed by atoms with E-state index in [0.29, 0.717) is 29.7 Å². The van der Waals surface area contributed by atoms with Crippen LogP contribution >= 0.6 is 0 Å². The van der Waals surface area contributed by atoms with Crippen molar-refractivity contribution in [2.45, 2.75) is 19.1 Å². The van der Waals surface area contributed by atoms with Crippen LogP contribution in [0.5, 0.6) is 0 Å². The highest BCUT2D eigenvalue weighted by atomic mass is 16.5. The van der Waals surface area contributed by atoms with Crippen LogP contribution in [0.1, 0.15) is 36.2 Å². The molecular formula is C26H31N5O3. The third-order valence-corrected chi connectivity index (χ3v) is 6.93. The summed E-state index contributed by atoms with van der Waals surface area (Å²) >= 11 is 0. The zero-order chi connectivity index (χ0) is 23.7. The SMILES string of the molecule is COCCN1C[C@@H]2[C@H](C#Cc3ccc(-c4cc([C@@H](CN)n5ccnc5[C@H](C)O)no4)cc3)[C@@H]2C1. The first-order valence-corrected chi connectivity index (χ1v) is 11.8. The minimum Gasteiger partial charge on any atom is -0.385 e. The van der Waals surface area contributed by atoms with E-state index in [1.807, 2.05) is 34.9 Å². The van der Waals surface area contributed by atoms with Crippen LogP contribution in [0.2, 0.25) is 0 Å². The molecule has 0 spiro atoms. The number of ether oxygens (including phenoxy) is 1. The van der Waals surface area contributed by atoms with Crippen LogP contribution in [0, 0.1) is 29.6 Å². The Kier molecular flexibility index (Phi) is 6.53. The highest BCUT2D eigenvalue weighted by Crippen LogP contribution is 2.51. The molecule has 1 saturated carbocycles. The van der Waals surface area contributed by atoms with Crippen molar-refractivity contribution < 1.29 is 14.4 Å². The molecule has 2 aromatic heterocycles. The number of nitrogens with zero attached hydrogens (tertiary/aromatic N) is 4. The molecule has 1 aliphatic carbocycles. The van der Waals surface area contributed by atoms with Gasteiger partial charge in [0.05, 0.1) is 12.6 Å². The Hall–Kier alpha value is -2.96. The average Bonchev–Trinajstić information content (AvgIpc) is 3.35. The molecule has 0 amide bonds. The number of rotatable bonds is 8. The number of piperidine rings is 1. The number of imidazole rings is 1. The number of aromatic nitrogens is 3. The zero-order valence-electron chi connectivity index (χ0n) is 19.6. The van der Waals surface area contributed by atoms with E-state index in [1.165, 1.54) is 0 Å². The largest absolute Gasteiger partial charge is 0.385 e. The summed E-state index contributed by atoms with van der Waals surface area (Å²) in [5, 5.41) is 14.2. The predicted octanol–water partition coefficient (Wildman–Crippen LogP) is 2.32. The fraction of sp³-hybridized carbons (Fsp3) is 0.462. The number of methoxy groups -OCH3 is 1. The van der Waals surface area contributed by atoms with Crippen molar-refractivity contribution in [2.75, 3.05) is 39.9 Å². The van der Waals surface area contributed by atoms with Crippen LogP contribution in [0.3, 0.4) is 0 Å². The Morgan fingerprint density at radius 2 is 2.03 bits per heavy atom. The van der Waals surface area contributed by atoms with Gasteiger partial charge in [0.2, 0.25) is 0 Å². The van der Waals surface area contributed by atoms with Crippen LogP contribution in [-0.4, -0.2) is 64.6 Å². The average molecular weight is 462 g/mol. The molecular weight excluding hydrogens is 430 g/mol. The van der Waals surface area contributed by atoms with Gasteiger partial charge in [0.25, 0.3) is 0 Å². The van der Waals surface area contributed by atoms with Gasteiger partial charge < -0.3 is 29.6 Å². The normalized spacial score (nSPS) is 23.2. The van der Waals surface area contributed by atoms with Gasteiger partial charge in [-0.1, -0.05) is 17.0 Å². The number of likely N-dealkylation sites (tertiary alicyclic amines) is 1. The van der Waals surface area contributed by atoms with Gasteiger partial charge >= 0.3 is 0 Å². The quantitative estimate of drug-likeness (QED) is 0.496. The topological polar surface area (TPSA) is 103 Å². The Morgan fingerprint density at radius 3 is 2.71 bits per heavy atom. The maximum absolute atomic E-state index is 9.98. The lowest BCUT2D eigenvalue weighted by Gasteiger charge is -2.17. The molecule has 1 saturated heterocycles. The fourth-order valence-corrected chi connectivity index (χ4v) is 4.99. The van der Waals surface area contributed by atoms with Gasteiger partial charge in [0, 0.05) is 68.8 Å². The maximum atomic E-state index is 9.98. The number of hydrogen-bond donors (Lipinski definition) is 2. The number of aliphatic hydroxyl groups excluding tert-OH is 1. The molecule has 8 nitrogen and oxygen atoms in total. The van der Waals surface area contributed by atoms with Crippen molar-refractivity contribution in [1.82, 2.24) is 19.6 Å². The van der Waals surface area contributed by atoms with Crippen molar-refractivity contribution in [3.8, 4) is 23.2 Å². The number of hydrogen-bond acceptors (Lipinski definition) is 7. The molecule has 0 radical (unpaired) electrons. The number of fused-ring (bicyclic) bond motifs is 1. The molecule has 1 aromatic carbocycles. The first-order valence-electron chi connectivity index (χ1n) is 11.8. The number of benzene rings is 1. The standard InChI is InChI=1S/C26H31N5O3/c1-17(32)26-28-9-10-31(26)24(14-27)23-13-25(34-29-23)19-6-3-18(4-7-19)5-8-20-21-15-30(11-12-33-2)16-22(20)21/h3-4,6-7,9-10,13,17,20-22,24,32H,11-12,14-16,27H2,1-2H3/t17-,20-,21+,22-,24+/m0/s1. The zero-order valence-corrected chi connectivity index (χ0v) is 19.6. The van der Waals surface area contributed by atoms with E-state index in [9.17, 15) is 5.11 Å². The molecule has 8 heteroatoms. The molecule has 3 aromatic rings. The van der Waals surface area contributed by atoms with Crippen molar-refractivity contribution in [3.05, 3.63) is 59.8 Å². The summed E-state index contributed by atoms with van der Waals surface area (Å²) in [7, 11) is 1.75. The van der Waals surface area contributed by atoms with Gasteiger partial charge in [0.1, 0.15) is 17.6 Å². The van der Waals surface area contributed by atoms with Crippen LogP contribution < -0.4 is 5.73 Å². The lowest BCUT2D eigenvalue weighted by Crippen LogP contribution is -2.27. The summed E-state index contributed by atoms with van der Waals surface area (Å²) in [5.74, 6) is 10.0. The summed E-state index contributed by atoms with van der Waals surface area (Å²) in [4.78, 5) is 6.71. The molecule has 0 unspecified atom stereocenters. The van der Waals surface area contributed by atoms with E-state index >= 15 is 0 Å². The summed E-state index contributed by atoms with van der Waals surface area (Å²) in [6.07, 6.45) is 2.75. The van der Waals surface area contributed by atoms with E-state index in [2.05, 4.69) is 26.9 Å². The first-order chi connectivity index (χ1) is 16.6. The fourth-order valence-electron chi connectivity index (χ4n) is 4.99. The molecule has 3 heterocycles. The summed E-state index contributed by atoms with van der Waals surface area (Å²) in [6, 6.07) is 9.68. The van der Waals surface area contributed by atoms with E-state index in [-0.39, 0.29) is 6.04 Å².